The maximum Gasteiger partial charge on any atom is 0.326 e. The van der Waals surface area contributed by atoms with Gasteiger partial charge in [-0.25, -0.2) is 4.79 Å². The van der Waals surface area contributed by atoms with Crippen LogP contribution in [0.5, 0.6) is 0 Å². The molecule has 0 unspecified atom stereocenters. The van der Waals surface area contributed by atoms with Gasteiger partial charge >= 0.3 is 6.03 Å². The highest BCUT2D eigenvalue weighted by molar-refractivity contribution is 6.01. The van der Waals surface area contributed by atoms with E-state index in [9.17, 15) is 4.79 Å². The summed E-state index contributed by atoms with van der Waals surface area (Å²) in [4.78, 5) is 14.2. The van der Waals surface area contributed by atoms with Crippen molar-refractivity contribution in [2.75, 3.05) is 16.8 Å². The van der Waals surface area contributed by atoms with E-state index < -0.39 is 0 Å². The largest absolute Gasteiger partial charge is 0.326 e. The lowest BCUT2D eigenvalue weighted by Crippen LogP contribution is -2.34. The Morgan fingerprint density at radius 1 is 1.14 bits per heavy atom. The van der Waals surface area contributed by atoms with Crippen LogP contribution < -0.4 is 10.2 Å². The number of carbonyl (C=O) groups is 1. The first-order chi connectivity index (χ1) is 10.5. The molecular weight excluding hydrogens is 272 g/mol. The molecule has 0 fully saturated rings. The van der Waals surface area contributed by atoms with Gasteiger partial charge < -0.3 is 5.32 Å². The second-order valence-corrected chi connectivity index (χ2v) is 5.79. The van der Waals surface area contributed by atoms with E-state index in [4.69, 9.17) is 0 Å². The fourth-order valence-electron chi connectivity index (χ4n) is 2.38. The summed E-state index contributed by atoms with van der Waals surface area (Å²) in [7, 11) is 0. The minimum absolute atomic E-state index is 0.106. The number of rotatable bonds is 4. The zero-order valence-corrected chi connectivity index (χ0v) is 13.8. The van der Waals surface area contributed by atoms with Crippen molar-refractivity contribution in [3.05, 3.63) is 59.7 Å². The number of hydrogen-bond donors (Lipinski definition) is 1. The normalized spacial score (nSPS) is 10.6. The van der Waals surface area contributed by atoms with Gasteiger partial charge in [-0.05, 0) is 55.2 Å². The predicted molar refractivity (Wildman–Crippen MR) is 93.7 cm³/mol. The number of carbonyl (C=O) groups excluding carboxylic acids is 1. The van der Waals surface area contributed by atoms with Gasteiger partial charge in [0.15, 0.2) is 0 Å². The zero-order valence-electron chi connectivity index (χ0n) is 13.8. The molecule has 0 aliphatic rings. The number of aryl methyl sites for hydroxylation is 1. The maximum absolute atomic E-state index is 12.5. The summed E-state index contributed by atoms with van der Waals surface area (Å²) in [5.74, 6) is 0.490. The molecule has 0 aliphatic carbocycles. The van der Waals surface area contributed by atoms with Crippen molar-refractivity contribution in [1.82, 2.24) is 0 Å². The smallest absolute Gasteiger partial charge is 0.308 e. The predicted octanol–water partition coefficient (Wildman–Crippen LogP) is 5.18. The Balaban J connectivity index is 2.12. The van der Waals surface area contributed by atoms with Gasteiger partial charge in [-0.15, -0.1) is 0 Å². The van der Waals surface area contributed by atoms with Gasteiger partial charge in [0.05, 0.1) is 0 Å². The monoisotopic (exact) mass is 296 g/mol. The number of benzene rings is 2. The van der Waals surface area contributed by atoms with Crippen LogP contribution in [-0.2, 0) is 0 Å². The lowest BCUT2D eigenvalue weighted by Gasteiger charge is -2.22. The number of nitrogens with zero attached hydrogens (tertiary/aromatic N) is 1. The van der Waals surface area contributed by atoms with E-state index in [1.54, 1.807) is 4.90 Å². The van der Waals surface area contributed by atoms with Gasteiger partial charge in [0.25, 0.3) is 0 Å². The van der Waals surface area contributed by atoms with E-state index in [0.29, 0.717) is 12.5 Å². The molecule has 116 valence electrons. The van der Waals surface area contributed by atoms with E-state index in [0.717, 1.165) is 16.9 Å². The Labute approximate surface area is 133 Å². The number of anilines is 2. The van der Waals surface area contributed by atoms with E-state index >= 15 is 0 Å². The van der Waals surface area contributed by atoms with Gasteiger partial charge in [-0.1, -0.05) is 38.1 Å². The summed E-state index contributed by atoms with van der Waals surface area (Å²) in [6.07, 6.45) is 0. The van der Waals surface area contributed by atoms with Gasteiger partial charge in [0.2, 0.25) is 0 Å². The maximum atomic E-state index is 12.5. The molecule has 1 N–H and O–H groups in total. The molecule has 0 atom stereocenters. The summed E-state index contributed by atoms with van der Waals surface area (Å²) in [6, 6.07) is 15.9. The molecule has 0 aromatic heterocycles. The highest BCUT2D eigenvalue weighted by Gasteiger charge is 2.14. The first-order valence-corrected chi connectivity index (χ1v) is 7.76. The third-order valence-electron chi connectivity index (χ3n) is 3.70. The topological polar surface area (TPSA) is 32.3 Å². The Bertz CT molecular complexity index is 632. The summed E-state index contributed by atoms with van der Waals surface area (Å²) in [6.45, 7) is 8.94. The summed E-state index contributed by atoms with van der Waals surface area (Å²) < 4.78 is 0. The van der Waals surface area contributed by atoms with Crippen LogP contribution in [0.2, 0.25) is 0 Å². The zero-order chi connectivity index (χ0) is 16.1. The van der Waals surface area contributed by atoms with E-state index in [1.165, 1.54) is 5.56 Å². The van der Waals surface area contributed by atoms with E-state index in [-0.39, 0.29) is 6.03 Å². The second-order valence-electron chi connectivity index (χ2n) is 5.79. The van der Waals surface area contributed by atoms with Crippen molar-refractivity contribution in [2.45, 2.75) is 33.6 Å². The van der Waals surface area contributed by atoms with Gasteiger partial charge in [0.1, 0.15) is 0 Å². The molecule has 0 aliphatic heterocycles. The van der Waals surface area contributed by atoms with Crippen molar-refractivity contribution in [2.24, 2.45) is 0 Å². The standard InChI is InChI=1S/C19H24N2O/c1-5-21(18-8-6-7-15(4)13-18)19(22)20-17-11-9-16(10-12-17)14(2)3/h6-14H,5H2,1-4H3,(H,20,22). The van der Waals surface area contributed by atoms with Crippen LogP contribution in [-0.4, -0.2) is 12.6 Å². The molecule has 2 rings (SSSR count). The third-order valence-corrected chi connectivity index (χ3v) is 3.70. The van der Waals surface area contributed by atoms with Gasteiger partial charge in [0, 0.05) is 17.9 Å². The summed E-state index contributed by atoms with van der Waals surface area (Å²) in [5.41, 5.74) is 4.15. The number of nitrogens with one attached hydrogen (secondary N) is 1. The molecule has 0 spiro atoms. The minimum Gasteiger partial charge on any atom is -0.308 e. The second kappa shape index (κ2) is 7.12. The molecule has 0 saturated carbocycles. The van der Waals surface area contributed by atoms with Crippen LogP contribution >= 0.6 is 0 Å². The number of amides is 2. The molecule has 3 heteroatoms. The van der Waals surface area contributed by atoms with Crippen LogP contribution in [0.4, 0.5) is 16.2 Å². The first kappa shape index (κ1) is 16.1. The molecule has 22 heavy (non-hydrogen) atoms. The highest BCUT2D eigenvalue weighted by Crippen LogP contribution is 2.20. The number of urea groups is 1. The van der Waals surface area contributed by atoms with Crippen molar-refractivity contribution in [3.63, 3.8) is 0 Å². The third kappa shape index (κ3) is 3.88. The fourth-order valence-corrected chi connectivity index (χ4v) is 2.38. The quantitative estimate of drug-likeness (QED) is 0.828. The van der Waals surface area contributed by atoms with Gasteiger partial charge in [-0.2, -0.15) is 0 Å². The Kier molecular flexibility index (Phi) is 5.21. The van der Waals surface area contributed by atoms with Crippen molar-refractivity contribution >= 4 is 17.4 Å². The minimum atomic E-state index is -0.106. The van der Waals surface area contributed by atoms with Crippen LogP contribution in [0.25, 0.3) is 0 Å². The molecule has 2 amide bonds. The highest BCUT2D eigenvalue weighted by atomic mass is 16.2. The van der Waals surface area contributed by atoms with Crippen molar-refractivity contribution in [1.29, 1.82) is 0 Å². The van der Waals surface area contributed by atoms with Crippen LogP contribution in [0.15, 0.2) is 48.5 Å². The molecule has 0 heterocycles. The molecular formula is C19H24N2O. The van der Waals surface area contributed by atoms with Crippen LogP contribution in [0.3, 0.4) is 0 Å². The fraction of sp³-hybridized carbons (Fsp3) is 0.316. The number of hydrogen-bond acceptors (Lipinski definition) is 1. The molecule has 0 radical (unpaired) electrons. The van der Waals surface area contributed by atoms with Crippen molar-refractivity contribution < 1.29 is 4.79 Å². The average molecular weight is 296 g/mol. The van der Waals surface area contributed by atoms with Crippen LogP contribution in [0.1, 0.15) is 37.8 Å². The Hall–Kier alpha value is -2.29. The first-order valence-electron chi connectivity index (χ1n) is 7.76. The molecule has 2 aromatic carbocycles. The van der Waals surface area contributed by atoms with E-state index in [2.05, 4.69) is 31.3 Å². The molecule has 0 bridgehead atoms. The summed E-state index contributed by atoms with van der Waals surface area (Å²) in [5, 5.41) is 2.96. The molecule has 3 nitrogen and oxygen atoms in total. The lowest BCUT2D eigenvalue weighted by atomic mass is 10.0. The Morgan fingerprint density at radius 2 is 1.82 bits per heavy atom. The van der Waals surface area contributed by atoms with Crippen molar-refractivity contribution in [3.8, 4) is 0 Å². The molecule has 0 saturated heterocycles. The van der Waals surface area contributed by atoms with Crippen LogP contribution in [0, 0.1) is 6.92 Å². The average Bonchev–Trinajstić information content (AvgIpc) is 2.48. The Morgan fingerprint density at radius 3 is 2.36 bits per heavy atom. The SMILES string of the molecule is CCN(C(=O)Nc1ccc(C(C)C)cc1)c1cccc(C)c1. The molecule has 2 aromatic rings. The lowest BCUT2D eigenvalue weighted by molar-refractivity contribution is 0.257. The van der Waals surface area contributed by atoms with E-state index in [1.807, 2.05) is 50.2 Å². The summed E-state index contributed by atoms with van der Waals surface area (Å²) >= 11 is 0. The van der Waals surface area contributed by atoms with Gasteiger partial charge in [-0.3, -0.25) is 4.90 Å².